The number of hydrogen-bond acceptors (Lipinski definition) is 9. The van der Waals surface area contributed by atoms with E-state index in [2.05, 4.69) is 393 Å². The molecule has 0 saturated heterocycles. The summed E-state index contributed by atoms with van der Waals surface area (Å²) >= 11 is 2.11. The molecule has 0 aliphatic heterocycles. The van der Waals surface area contributed by atoms with Crippen molar-refractivity contribution in [1.82, 2.24) is 0 Å². The van der Waals surface area contributed by atoms with Crippen LogP contribution < -0.4 is 0 Å². The number of unbranched alkanes of at least 4 members (excludes halogenated alkanes) is 4. The average Bonchev–Trinajstić information content (AvgIpc) is 0.792. The number of aliphatic carboxylic acids is 3. The molecule has 0 aliphatic carbocycles. The molecule has 0 aromatic carbocycles. The minimum absolute atomic E-state index is 0.0916. The largest absolute Gasteiger partial charge is 0.481 e. The maximum absolute atomic E-state index is 11.7. The lowest BCUT2D eigenvalue weighted by Gasteiger charge is -2.38. The molecule has 4 N–H and O–H groups in total. The van der Waals surface area contributed by atoms with Crippen molar-refractivity contribution in [2.45, 2.75) is 576 Å². The Morgan fingerprint density at radius 2 is 0.452 bits per heavy atom. The molecular formula is C122H258O11S2. The second-order valence-corrected chi connectivity index (χ2v) is 67.9. The van der Waals surface area contributed by atoms with Crippen LogP contribution in [0.1, 0.15) is 576 Å². The molecule has 0 heterocycles. The Kier molecular flexibility index (Phi) is 76.7. The number of thioether (sulfide) groups is 1. The maximum Gasteiger partial charge on any atom is 0.307 e. The fourth-order valence-electron chi connectivity index (χ4n) is 14.0. The first kappa shape index (κ1) is 154. The molecule has 0 rings (SSSR count). The van der Waals surface area contributed by atoms with Gasteiger partial charge in [-0.1, -0.05) is 474 Å². The third-order valence-corrected chi connectivity index (χ3v) is 25.6. The lowest BCUT2D eigenvalue weighted by molar-refractivity contribution is -0.163. The Labute approximate surface area is 857 Å². The van der Waals surface area contributed by atoms with E-state index in [1.54, 1.807) is 41.5 Å². The first-order chi connectivity index (χ1) is 58.7. The van der Waals surface area contributed by atoms with Gasteiger partial charge in [0, 0.05) is 19.8 Å². The number of ether oxygens (including phenoxy) is 2. The second kappa shape index (κ2) is 67.4. The molecule has 4 atom stereocenters. The van der Waals surface area contributed by atoms with Crippen LogP contribution in [0.25, 0.3) is 0 Å². The highest BCUT2D eigenvalue weighted by atomic mass is 32.2. The topological polar surface area (TPSA) is 185 Å². The van der Waals surface area contributed by atoms with Crippen LogP contribution in [0.5, 0.6) is 0 Å². The summed E-state index contributed by atoms with van der Waals surface area (Å²) in [5, 5.41) is 36.8. The van der Waals surface area contributed by atoms with Gasteiger partial charge < -0.3 is 29.9 Å². The highest BCUT2D eigenvalue weighted by molar-refractivity contribution is 7.99. The van der Waals surface area contributed by atoms with E-state index < -0.39 is 50.4 Å². The molecule has 13 heteroatoms. The van der Waals surface area contributed by atoms with Crippen molar-refractivity contribution in [3.05, 3.63) is 0 Å². The van der Waals surface area contributed by atoms with Crippen molar-refractivity contribution in [3.63, 3.8) is 0 Å². The number of rotatable bonds is 35. The SMILES string of the molecule is CC(C)(C)C(C(=O)O)C(C(=O)O)C(C)(C)C.CC(C)(C)CC(CC(C)(C)C)C(=O)O.CC(C)(C)CC(CO)C(C)(C)C.CC(C)(C)CCCC(C)(C)C.CC(C)(C)CCCCC(C)(C)C.CC(C)(C)CCCCCCC(C)(C)C.CC(C)(C)CCOCCOCCC(C)(C)C.CC(C)(C)CCS(=O)(=O)CCC(C)(C)C.CC(C)(C)CCSCCC(C)(C)C.CCC(CC(C)(C)C)C(C)(C)C. The van der Waals surface area contributed by atoms with Gasteiger partial charge in [-0.05, 0) is 234 Å². The summed E-state index contributed by atoms with van der Waals surface area (Å²) in [5.41, 5.74) is 5.64. The maximum atomic E-state index is 11.7. The first-order valence-electron chi connectivity index (χ1n) is 53.9. The summed E-state index contributed by atoms with van der Waals surface area (Å²) in [6.45, 7) is 138. The summed E-state index contributed by atoms with van der Waals surface area (Å²) in [4.78, 5) is 33.6. The second-order valence-electron chi connectivity index (χ2n) is 64.4. The Hall–Kier alpha value is -1.41. The fraction of sp³-hybridized carbons (Fsp3) is 0.975. The Balaban J connectivity index is -0.000000161. The van der Waals surface area contributed by atoms with Gasteiger partial charge in [-0.2, -0.15) is 11.8 Å². The Morgan fingerprint density at radius 1 is 0.244 bits per heavy atom. The normalized spacial score (nSPS) is 14.4. The van der Waals surface area contributed by atoms with Gasteiger partial charge in [0.25, 0.3) is 0 Å². The van der Waals surface area contributed by atoms with Gasteiger partial charge in [0.2, 0.25) is 0 Å². The third kappa shape index (κ3) is 139. The van der Waals surface area contributed by atoms with Crippen molar-refractivity contribution >= 4 is 39.5 Å². The van der Waals surface area contributed by atoms with Crippen molar-refractivity contribution in [2.75, 3.05) is 56.0 Å². The van der Waals surface area contributed by atoms with Crippen LogP contribution >= 0.6 is 11.8 Å². The van der Waals surface area contributed by atoms with Crippen LogP contribution in [0.4, 0.5) is 0 Å². The van der Waals surface area contributed by atoms with E-state index in [0.717, 1.165) is 77.3 Å². The van der Waals surface area contributed by atoms with E-state index in [1.165, 1.54) is 121 Å². The predicted molar refractivity (Wildman–Crippen MR) is 611 cm³/mol. The molecule has 4 unspecified atom stereocenters. The van der Waals surface area contributed by atoms with Gasteiger partial charge in [0.05, 0.1) is 42.5 Å². The predicted octanol–water partition coefficient (Wildman–Crippen LogP) is 39.7. The minimum atomic E-state index is -2.85. The summed E-state index contributed by atoms with van der Waals surface area (Å²) in [6, 6.07) is 0. The molecule has 0 radical (unpaired) electrons. The van der Waals surface area contributed by atoms with Gasteiger partial charge in [0.1, 0.15) is 9.84 Å². The third-order valence-electron chi connectivity index (χ3n) is 22.9. The summed E-state index contributed by atoms with van der Waals surface area (Å²) in [5.74, 6) is -0.197. The van der Waals surface area contributed by atoms with Gasteiger partial charge in [0.15, 0.2) is 0 Å². The van der Waals surface area contributed by atoms with E-state index in [-0.39, 0.29) is 33.0 Å². The van der Waals surface area contributed by atoms with Crippen molar-refractivity contribution in [3.8, 4) is 0 Å². The number of carboxylic acid groups (broad SMARTS) is 3. The van der Waals surface area contributed by atoms with Gasteiger partial charge in [-0.25, -0.2) is 8.42 Å². The van der Waals surface area contributed by atoms with E-state index in [9.17, 15) is 38.1 Å². The van der Waals surface area contributed by atoms with Crippen molar-refractivity contribution < 1.29 is 52.7 Å². The zero-order valence-corrected chi connectivity index (χ0v) is 106. The molecule has 0 saturated carbocycles. The van der Waals surface area contributed by atoms with Gasteiger partial charge in [-0.15, -0.1) is 0 Å². The van der Waals surface area contributed by atoms with E-state index in [1.807, 2.05) is 0 Å². The smallest absolute Gasteiger partial charge is 0.307 e. The number of aliphatic hydroxyl groups is 1. The molecule has 0 aromatic heterocycles. The van der Waals surface area contributed by atoms with Crippen LogP contribution in [0, 0.1) is 138 Å². The molecule has 0 bridgehead atoms. The van der Waals surface area contributed by atoms with Gasteiger partial charge in [-0.3, -0.25) is 14.4 Å². The average molecular weight is 1970 g/mol. The molecule has 0 fully saturated rings. The molecule has 824 valence electrons. The fourth-order valence-corrected chi connectivity index (χ4v) is 17.8. The van der Waals surface area contributed by atoms with E-state index in [0.29, 0.717) is 94.4 Å². The standard InChI is InChI=1S/C14H30O2.C14H30.C12H22O4.C12H26O2S.C12H24O2.C12H26S.2C12H26.C11H24O.C11H24/c1-13(2,3)7-9-15-11-12-16-10-8-14(4,5)6;1-13(2,3)11-9-7-8-10-12-14(4,5)6;1-11(2,3)7(9(13)14)8(10(15)16)12(4,5)6;1-11(2,3)7-9-15(13,14)10-8-12(4,5)6;1-11(2,3)7-9(10(13)14)8-12(4,5)6;1-11(2,3)7-9-13-10-8-12(4,5)6;1-11(2,3)9-7-8-10-12(4,5)6;1-8-10(12(5,6)7)9-11(2,3)4;1-10(2,3)7-9(8-12)11(4,5)6;1-10(2,3)8-7-9-11(4,5)6/h7-12H2,1-6H3;7-12H2,1-6H3;7-8H,1-6H3,(H,13,14)(H,15,16);7-10H2,1-6H3;9H,7-8H2,1-6H3,(H,13,14);7-10H2,1-6H3;7-10H2,1-6H3;10H,8-9H2,1-7H3;9,12H,7-8H2,1-6H3;7-9H2,1-6H3. The number of hydrogen-bond donors (Lipinski definition) is 4. The molecule has 0 aliphatic rings. The highest BCUT2D eigenvalue weighted by Crippen LogP contribution is 2.44. The number of carbonyl (C=O) groups is 3. The molecular weight excluding hydrogens is 1710 g/mol. The zero-order chi connectivity index (χ0) is 111. The molecule has 0 amide bonds. The highest BCUT2D eigenvalue weighted by Gasteiger charge is 2.48. The van der Waals surface area contributed by atoms with Crippen LogP contribution in [0.3, 0.4) is 0 Å². The lowest BCUT2D eigenvalue weighted by Crippen LogP contribution is -2.45. The zero-order valence-electron chi connectivity index (χ0n) is 104. The Morgan fingerprint density at radius 3 is 0.607 bits per heavy atom. The van der Waals surface area contributed by atoms with Gasteiger partial charge >= 0.3 is 17.9 Å². The molecule has 0 spiro atoms. The number of aliphatic hydroxyl groups excluding tert-OH is 1. The van der Waals surface area contributed by atoms with Crippen molar-refractivity contribution in [1.29, 1.82) is 0 Å². The number of sulfone groups is 1. The quantitative estimate of drug-likeness (QED) is 0.0441. The molecule has 135 heavy (non-hydrogen) atoms. The lowest BCUT2D eigenvalue weighted by atomic mass is 9.64. The molecule has 11 nitrogen and oxygen atoms in total. The summed E-state index contributed by atoms with van der Waals surface area (Å²) < 4.78 is 34.5. The monoisotopic (exact) mass is 1960 g/mol. The Bertz CT molecular complexity index is 2780. The van der Waals surface area contributed by atoms with E-state index >= 15 is 0 Å². The summed E-state index contributed by atoms with van der Waals surface area (Å²) in [6.07, 6.45) is 29.6. The van der Waals surface area contributed by atoms with Crippen LogP contribution in [0.15, 0.2) is 0 Å². The van der Waals surface area contributed by atoms with Crippen LogP contribution in [-0.2, 0) is 33.7 Å². The summed E-state index contributed by atoms with van der Waals surface area (Å²) in [7, 11) is -2.85. The van der Waals surface area contributed by atoms with Crippen LogP contribution in [-0.4, -0.2) is 103 Å². The minimum Gasteiger partial charge on any atom is -0.481 e. The number of carboxylic acids is 3. The molecule has 0 aromatic rings. The van der Waals surface area contributed by atoms with Crippen LogP contribution in [0.2, 0.25) is 0 Å². The van der Waals surface area contributed by atoms with E-state index in [4.69, 9.17) is 14.6 Å². The van der Waals surface area contributed by atoms with Crippen molar-refractivity contribution in [2.24, 2.45) is 138 Å². The first-order valence-corrected chi connectivity index (χ1v) is 56.9.